The SMILES string of the molecule is CCCNC(c1cc(Cl)c(Br)s1)c1cc(C)ccc1OC. The lowest BCUT2D eigenvalue weighted by Crippen LogP contribution is -2.23. The number of nitrogens with one attached hydrogen (secondary N) is 1. The zero-order valence-corrected chi connectivity index (χ0v) is 15.5. The fourth-order valence-electron chi connectivity index (χ4n) is 2.24. The van der Waals surface area contributed by atoms with Crippen LogP contribution in [0.25, 0.3) is 0 Å². The minimum absolute atomic E-state index is 0.0913. The van der Waals surface area contributed by atoms with Gasteiger partial charge in [0.25, 0.3) is 0 Å². The van der Waals surface area contributed by atoms with E-state index in [2.05, 4.69) is 47.2 Å². The number of hydrogen-bond donors (Lipinski definition) is 1. The molecule has 0 radical (unpaired) electrons. The van der Waals surface area contributed by atoms with Crippen LogP contribution in [-0.2, 0) is 0 Å². The Morgan fingerprint density at radius 3 is 2.71 bits per heavy atom. The van der Waals surface area contributed by atoms with E-state index in [1.165, 1.54) is 10.4 Å². The predicted octanol–water partition coefficient (Wildman–Crippen LogP) is 5.57. The number of methoxy groups -OCH3 is 1. The highest BCUT2D eigenvalue weighted by molar-refractivity contribution is 9.11. The Morgan fingerprint density at radius 2 is 2.14 bits per heavy atom. The number of hydrogen-bond acceptors (Lipinski definition) is 3. The summed E-state index contributed by atoms with van der Waals surface area (Å²) in [5, 5.41) is 4.35. The van der Waals surface area contributed by atoms with Crippen LogP contribution in [-0.4, -0.2) is 13.7 Å². The molecule has 2 aromatic rings. The molecular weight excluding hydrogens is 370 g/mol. The van der Waals surface area contributed by atoms with E-state index in [1.807, 2.05) is 12.1 Å². The molecule has 0 saturated carbocycles. The van der Waals surface area contributed by atoms with Crippen molar-refractivity contribution in [3.63, 3.8) is 0 Å². The van der Waals surface area contributed by atoms with Gasteiger partial charge < -0.3 is 10.1 Å². The average molecular weight is 389 g/mol. The summed E-state index contributed by atoms with van der Waals surface area (Å²) in [5.74, 6) is 0.898. The molecule has 2 rings (SSSR count). The molecule has 1 aromatic heterocycles. The number of ether oxygens (including phenoxy) is 1. The van der Waals surface area contributed by atoms with E-state index in [0.717, 1.165) is 33.1 Å². The van der Waals surface area contributed by atoms with Gasteiger partial charge in [-0.25, -0.2) is 0 Å². The molecule has 0 bridgehead atoms. The summed E-state index contributed by atoms with van der Waals surface area (Å²) in [7, 11) is 1.71. The highest BCUT2D eigenvalue weighted by atomic mass is 79.9. The Labute approximate surface area is 143 Å². The Bertz CT molecular complexity index is 595. The third kappa shape index (κ3) is 4.01. The van der Waals surface area contributed by atoms with Gasteiger partial charge in [-0.1, -0.05) is 36.2 Å². The van der Waals surface area contributed by atoms with Crippen LogP contribution < -0.4 is 10.1 Å². The van der Waals surface area contributed by atoms with Crippen LogP contribution in [0.2, 0.25) is 5.02 Å². The Kier molecular flexibility index (Phi) is 6.11. The fraction of sp³-hybridized carbons (Fsp3) is 0.375. The van der Waals surface area contributed by atoms with Gasteiger partial charge >= 0.3 is 0 Å². The van der Waals surface area contributed by atoms with Crippen molar-refractivity contribution in [3.8, 4) is 5.75 Å². The van der Waals surface area contributed by atoms with Crippen LogP contribution in [0.1, 0.15) is 35.4 Å². The second kappa shape index (κ2) is 7.63. The smallest absolute Gasteiger partial charge is 0.124 e. The fourth-order valence-corrected chi connectivity index (χ4v) is 4.08. The summed E-state index contributed by atoms with van der Waals surface area (Å²) in [6.45, 7) is 5.20. The average Bonchev–Trinajstić information content (AvgIpc) is 2.79. The van der Waals surface area contributed by atoms with E-state index in [0.29, 0.717) is 0 Å². The van der Waals surface area contributed by atoms with E-state index in [-0.39, 0.29) is 6.04 Å². The number of halogens is 2. The maximum Gasteiger partial charge on any atom is 0.124 e. The van der Waals surface area contributed by atoms with E-state index in [9.17, 15) is 0 Å². The molecule has 0 aliphatic heterocycles. The highest BCUT2D eigenvalue weighted by Crippen LogP contribution is 2.39. The van der Waals surface area contributed by atoms with Crippen molar-refractivity contribution in [1.82, 2.24) is 5.32 Å². The van der Waals surface area contributed by atoms with Crippen molar-refractivity contribution >= 4 is 38.9 Å². The molecule has 114 valence electrons. The standard InChI is InChI=1S/C16H19BrClNOS/c1-4-7-19-15(14-9-12(18)16(17)21-14)11-8-10(2)5-6-13(11)20-3/h5-6,8-9,15,19H,4,7H2,1-3H3. The minimum Gasteiger partial charge on any atom is -0.496 e. The van der Waals surface area contributed by atoms with Gasteiger partial charge in [-0.3, -0.25) is 0 Å². The van der Waals surface area contributed by atoms with Crippen LogP contribution in [0.15, 0.2) is 28.1 Å². The van der Waals surface area contributed by atoms with Gasteiger partial charge in [-0.05, 0) is 48.0 Å². The van der Waals surface area contributed by atoms with Crippen molar-refractivity contribution in [2.24, 2.45) is 0 Å². The van der Waals surface area contributed by atoms with E-state index < -0.39 is 0 Å². The minimum atomic E-state index is 0.0913. The molecule has 1 aromatic carbocycles. The van der Waals surface area contributed by atoms with Crippen molar-refractivity contribution in [1.29, 1.82) is 0 Å². The van der Waals surface area contributed by atoms with Crippen molar-refractivity contribution < 1.29 is 4.74 Å². The zero-order chi connectivity index (χ0) is 15.4. The summed E-state index contributed by atoms with van der Waals surface area (Å²) in [4.78, 5) is 1.18. The van der Waals surface area contributed by atoms with Gasteiger partial charge in [-0.2, -0.15) is 0 Å². The molecular formula is C16H19BrClNOS. The van der Waals surface area contributed by atoms with Gasteiger partial charge in [-0.15, -0.1) is 11.3 Å². The van der Waals surface area contributed by atoms with Gasteiger partial charge in [0.15, 0.2) is 0 Å². The topological polar surface area (TPSA) is 21.3 Å². The largest absolute Gasteiger partial charge is 0.496 e. The Balaban J connectivity index is 2.47. The molecule has 1 heterocycles. The highest BCUT2D eigenvalue weighted by Gasteiger charge is 2.21. The lowest BCUT2D eigenvalue weighted by Gasteiger charge is -2.20. The Hall–Kier alpha value is -0.550. The first kappa shape index (κ1) is 16.8. The molecule has 0 amide bonds. The summed E-state index contributed by atoms with van der Waals surface area (Å²) in [5.41, 5.74) is 2.37. The quantitative estimate of drug-likeness (QED) is 0.698. The second-order valence-corrected chi connectivity index (χ2v) is 7.71. The summed E-state index contributed by atoms with van der Waals surface area (Å²) in [6, 6.07) is 8.37. The van der Waals surface area contributed by atoms with Crippen LogP contribution >= 0.6 is 38.9 Å². The maximum atomic E-state index is 6.20. The number of aryl methyl sites for hydroxylation is 1. The van der Waals surface area contributed by atoms with Crippen molar-refractivity contribution in [2.45, 2.75) is 26.3 Å². The first-order valence-electron chi connectivity index (χ1n) is 6.89. The normalized spacial score (nSPS) is 12.4. The van der Waals surface area contributed by atoms with Crippen LogP contribution in [0.5, 0.6) is 5.75 Å². The number of rotatable bonds is 6. The molecule has 0 spiro atoms. The molecule has 1 atom stereocenters. The molecule has 5 heteroatoms. The van der Waals surface area contributed by atoms with E-state index in [1.54, 1.807) is 18.4 Å². The van der Waals surface area contributed by atoms with Gasteiger partial charge in [0, 0.05) is 10.4 Å². The van der Waals surface area contributed by atoms with Crippen LogP contribution in [0, 0.1) is 6.92 Å². The summed E-state index contributed by atoms with van der Waals surface area (Å²) >= 11 is 11.4. The van der Waals surface area contributed by atoms with Gasteiger partial charge in [0.05, 0.1) is 22.0 Å². The van der Waals surface area contributed by atoms with E-state index >= 15 is 0 Å². The number of thiophene rings is 1. The van der Waals surface area contributed by atoms with Crippen LogP contribution in [0.4, 0.5) is 0 Å². The van der Waals surface area contributed by atoms with Gasteiger partial charge in [0.1, 0.15) is 5.75 Å². The zero-order valence-electron chi connectivity index (χ0n) is 12.4. The predicted molar refractivity (Wildman–Crippen MR) is 94.9 cm³/mol. The molecule has 0 fully saturated rings. The molecule has 1 unspecified atom stereocenters. The van der Waals surface area contributed by atoms with E-state index in [4.69, 9.17) is 16.3 Å². The molecule has 0 aliphatic carbocycles. The molecule has 2 nitrogen and oxygen atoms in total. The molecule has 0 aliphatic rings. The lowest BCUT2D eigenvalue weighted by molar-refractivity contribution is 0.404. The maximum absolute atomic E-state index is 6.20. The third-order valence-electron chi connectivity index (χ3n) is 3.24. The Morgan fingerprint density at radius 1 is 1.38 bits per heavy atom. The van der Waals surface area contributed by atoms with Gasteiger partial charge in [0.2, 0.25) is 0 Å². The van der Waals surface area contributed by atoms with Crippen molar-refractivity contribution in [2.75, 3.05) is 13.7 Å². The molecule has 0 saturated heterocycles. The monoisotopic (exact) mass is 387 g/mol. The summed E-state index contributed by atoms with van der Waals surface area (Å²) in [6.07, 6.45) is 1.07. The first-order valence-corrected chi connectivity index (χ1v) is 8.88. The second-order valence-electron chi connectivity index (χ2n) is 4.90. The molecule has 1 N–H and O–H groups in total. The van der Waals surface area contributed by atoms with Crippen LogP contribution in [0.3, 0.4) is 0 Å². The summed E-state index contributed by atoms with van der Waals surface area (Å²) < 4.78 is 6.51. The third-order valence-corrected chi connectivity index (χ3v) is 5.78. The van der Waals surface area contributed by atoms with Crippen molar-refractivity contribution in [3.05, 3.63) is 49.1 Å². The lowest BCUT2D eigenvalue weighted by atomic mass is 10.0. The first-order chi connectivity index (χ1) is 10.1. The number of benzene rings is 1. The molecule has 21 heavy (non-hydrogen) atoms.